The molecular formula is C13H20N2O2S2. The Bertz CT molecular complexity index is 513. The van der Waals surface area contributed by atoms with E-state index in [-0.39, 0.29) is 5.75 Å². The molecule has 0 unspecified atom stereocenters. The molecule has 3 N–H and O–H groups in total. The first-order valence-corrected chi connectivity index (χ1v) is 8.75. The molecule has 0 spiro atoms. The van der Waals surface area contributed by atoms with Gasteiger partial charge in [0.05, 0.1) is 5.75 Å². The summed E-state index contributed by atoms with van der Waals surface area (Å²) in [5.74, 6) is 0.592. The Morgan fingerprint density at radius 1 is 1.37 bits per heavy atom. The Labute approximate surface area is 119 Å². The lowest BCUT2D eigenvalue weighted by molar-refractivity contribution is 0.583. The fraction of sp³-hybridized carbons (Fsp3) is 0.385. The summed E-state index contributed by atoms with van der Waals surface area (Å²) in [5, 5.41) is 0. The highest BCUT2D eigenvalue weighted by Gasteiger charge is 2.09. The van der Waals surface area contributed by atoms with Gasteiger partial charge in [0.15, 0.2) is 0 Å². The minimum absolute atomic E-state index is 0.0990. The molecule has 0 aliphatic carbocycles. The molecule has 0 amide bonds. The third kappa shape index (κ3) is 6.66. The maximum atomic E-state index is 11.7. The first-order valence-electron chi connectivity index (χ1n) is 6.11. The van der Waals surface area contributed by atoms with Crippen LogP contribution in [0.4, 0.5) is 5.69 Å². The number of rotatable bonds is 8. The summed E-state index contributed by atoms with van der Waals surface area (Å²) < 4.78 is 25.9. The molecular weight excluding hydrogens is 280 g/mol. The minimum atomic E-state index is -3.19. The van der Waals surface area contributed by atoms with E-state index in [4.69, 9.17) is 5.73 Å². The van der Waals surface area contributed by atoms with Crippen molar-refractivity contribution in [2.75, 3.05) is 23.8 Å². The molecule has 0 saturated carbocycles. The van der Waals surface area contributed by atoms with E-state index in [1.807, 2.05) is 43.3 Å². The lowest BCUT2D eigenvalue weighted by Gasteiger charge is -2.07. The largest absolute Gasteiger partial charge is 0.398 e. The lowest BCUT2D eigenvalue weighted by Crippen LogP contribution is -2.28. The van der Waals surface area contributed by atoms with Gasteiger partial charge in [0, 0.05) is 22.9 Å². The van der Waals surface area contributed by atoms with Gasteiger partial charge in [-0.05, 0) is 25.5 Å². The van der Waals surface area contributed by atoms with Crippen LogP contribution < -0.4 is 10.5 Å². The van der Waals surface area contributed by atoms with E-state index < -0.39 is 10.0 Å². The quantitative estimate of drug-likeness (QED) is 0.334. The van der Waals surface area contributed by atoms with Gasteiger partial charge in [-0.25, -0.2) is 13.1 Å². The van der Waals surface area contributed by atoms with Gasteiger partial charge in [-0.15, -0.1) is 11.8 Å². The smallest absolute Gasteiger partial charge is 0.212 e. The van der Waals surface area contributed by atoms with Crippen LogP contribution >= 0.6 is 11.8 Å². The molecule has 1 rings (SSSR count). The number of nitrogens with two attached hydrogens (primary N) is 1. The second-order valence-electron chi connectivity index (χ2n) is 3.96. The van der Waals surface area contributed by atoms with Crippen molar-refractivity contribution in [1.29, 1.82) is 0 Å². The number of hydrogen-bond donors (Lipinski definition) is 2. The topological polar surface area (TPSA) is 72.2 Å². The number of para-hydroxylation sites is 1. The molecule has 0 radical (unpaired) electrons. The van der Waals surface area contributed by atoms with E-state index in [9.17, 15) is 8.42 Å². The number of hydrogen-bond acceptors (Lipinski definition) is 4. The van der Waals surface area contributed by atoms with Crippen LogP contribution in [0.15, 0.2) is 41.3 Å². The van der Waals surface area contributed by atoms with Gasteiger partial charge in [0.2, 0.25) is 10.0 Å². The van der Waals surface area contributed by atoms with E-state index >= 15 is 0 Å². The Balaban J connectivity index is 2.33. The SMILES string of the molecule is C/C=C/CCNS(=O)(=O)CCSc1ccccc1N. The summed E-state index contributed by atoms with van der Waals surface area (Å²) in [6, 6.07) is 7.46. The van der Waals surface area contributed by atoms with E-state index in [2.05, 4.69) is 4.72 Å². The zero-order valence-electron chi connectivity index (χ0n) is 11.0. The summed E-state index contributed by atoms with van der Waals surface area (Å²) in [6.45, 7) is 2.36. The highest BCUT2D eigenvalue weighted by Crippen LogP contribution is 2.24. The monoisotopic (exact) mass is 300 g/mol. The lowest BCUT2D eigenvalue weighted by atomic mass is 10.3. The van der Waals surface area contributed by atoms with Crippen LogP contribution in [0.5, 0.6) is 0 Å². The maximum Gasteiger partial charge on any atom is 0.212 e. The van der Waals surface area contributed by atoms with E-state index in [1.165, 1.54) is 11.8 Å². The zero-order chi connectivity index (χ0) is 14.1. The molecule has 0 aromatic heterocycles. The van der Waals surface area contributed by atoms with Crippen LogP contribution in [-0.2, 0) is 10.0 Å². The molecule has 0 aliphatic rings. The highest BCUT2D eigenvalue weighted by molar-refractivity contribution is 8.00. The molecule has 4 nitrogen and oxygen atoms in total. The normalized spacial score (nSPS) is 12.1. The molecule has 1 aromatic carbocycles. The Hall–Kier alpha value is -0.980. The van der Waals surface area contributed by atoms with Gasteiger partial charge in [-0.3, -0.25) is 0 Å². The number of allylic oxidation sites excluding steroid dienone is 1. The van der Waals surface area contributed by atoms with Crippen LogP contribution in [0.1, 0.15) is 13.3 Å². The standard InChI is InChI=1S/C13H20N2O2S2/c1-2-3-6-9-15-19(16,17)11-10-18-13-8-5-4-7-12(13)14/h2-5,7-8,15H,6,9-11,14H2,1H3/b3-2+. The van der Waals surface area contributed by atoms with Gasteiger partial charge in [-0.1, -0.05) is 24.3 Å². The van der Waals surface area contributed by atoms with Crippen LogP contribution in [0.3, 0.4) is 0 Å². The van der Waals surface area contributed by atoms with Gasteiger partial charge in [0.25, 0.3) is 0 Å². The van der Waals surface area contributed by atoms with Crippen molar-refractivity contribution in [1.82, 2.24) is 4.72 Å². The van der Waals surface area contributed by atoms with Gasteiger partial charge in [-0.2, -0.15) is 0 Å². The van der Waals surface area contributed by atoms with Crippen molar-refractivity contribution in [2.24, 2.45) is 0 Å². The molecule has 19 heavy (non-hydrogen) atoms. The predicted molar refractivity (Wildman–Crippen MR) is 82.8 cm³/mol. The number of nitrogen functional groups attached to an aromatic ring is 1. The van der Waals surface area contributed by atoms with Crippen LogP contribution in [0.2, 0.25) is 0 Å². The Morgan fingerprint density at radius 3 is 2.79 bits per heavy atom. The summed E-state index contributed by atoms with van der Waals surface area (Å²) in [5.41, 5.74) is 6.48. The van der Waals surface area contributed by atoms with Crippen molar-refractivity contribution in [3.05, 3.63) is 36.4 Å². The average Bonchev–Trinajstić information content (AvgIpc) is 2.37. The average molecular weight is 300 g/mol. The van der Waals surface area contributed by atoms with Crippen molar-refractivity contribution in [3.63, 3.8) is 0 Å². The van der Waals surface area contributed by atoms with Crippen molar-refractivity contribution in [3.8, 4) is 0 Å². The summed E-state index contributed by atoms with van der Waals surface area (Å²) in [7, 11) is -3.19. The molecule has 0 atom stereocenters. The molecule has 0 heterocycles. The van der Waals surface area contributed by atoms with E-state index in [0.717, 1.165) is 4.90 Å². The fourth-order valence-electron chi connectivity index (χ4n) is 1.41. The fourth-order valence-corrected chi connectivity index (χ4v) is 3.82. The minimum Gasteiger partial charge on any atom is -0.398 e. The molecule has 0 aliphatic heterocycles. The van der Waals surface area contributed by atoms with Gasteiger partial charge >= 0.3 is 0 Å². The van der Waals surface area contributed by atoms with Gasteiger partial charge < -0.3 is 5.73 Å². The third-order valence-corrected chi connectivity index (χ3v) is 5.13. The highest BCUT2D eigenvalue weighted by atomic mass is 32.2. The molecule has 0 saturated heterocycles. The van der Waals surface area contributed by atoms with Crippen LogP contribution in [-0.4, -0.2) is 26.5 Å². The first-order chi connectivity index (χ1) is 9.05. The molecule has 6 heteroatoms. The molecule has 1 aromatic rings. The predicted octanol–water partition coefficient (Wildman–Crippen LogP) is 2.25. The second kappa shape index (κ2) is 8.24. The van der Waals surface area contributed by atoms with Crippen LogP contribution in [0.25, 0.3) is 0 Å². The van der Waals surface area contributed by atoms with E-state index in [0.29, 0.717) is 24.4 Å². The number of sulfonamides is 1. The number of thioether (sulfide) groups is 1. The maximum absolute atomic E-state index is 11.7. The van der Waals surface area contributed by atoms with Crippen molar-refractivity contribution in [2.45, 2.75) is 18.2 Å². The summed E-state index contributed by atoms with van der Waals surface area (Å²) in [4.78, 5) is 0.923. The number of benzene rings is 1. The Kier molecular flexibility index (Phi) is 6.97. The summed E-state index contributed by atoms with van der Waals surface area (Å²) in [6.07, 6.45) is 4.55. The second-order valence-corrected chi connectivity index (χ2v) is 7.02. The zero-order valence-corrected chi connectivity index (χ0v) is 12.6. The van der Waals surface area contributed by atoms with Crippen LogP contribution in [0, 0.1) is 0 Å². The summed E-state index contributed by atoms with van der Waals surface area (Å²) >= 11 is 1.46. The molecule has 0 bridgehead atoms. The van der Waals surface area contributed by atoms with Crippen molar-refractivity contribution >= 4 is 27.5 Å². The van der Waals surface area contributed by atoms with Crippen molar-refractivity contribution < 1.29 is 8.42 Å². The third-order valence-electron chi connectivity index (χ3n) is 2.40. The van der Waals surface area contributed by atoms with Gasteiger partial charge in [0.1, 0.15) is 0 Å². The molecule has 106 valence electrons. The number of nitrogens with one attached hydrogen (secondary N) is 1. The Morgan fingerprint density at radius 2 is 2.11 bits per heavy atom. The number of anilines is 1. The van der Waals surface area contributed by atoms with E-state index in [1.54, 1.807) is 0 Å². The molecule has 0 fully saturated rings. The first kappa shape index (κ1) is 16.1.